The summed E-state index contributed by atoms with van der Waals surface area (Å²) in [5.74, 6) is 0. The fraction of sp³-hybridized carbons (Fsp3) is 1.00. The molecule has 0 spiro atoms. The average Bonchev–Trinajstić information content (AvgIpc) is 2.97. The van der Waals surface area contributed by atoms with Crippen LogP contribution >= 0.6 is 0 Å². The molecule has 2 aliphatic rings. The topological polar surface area (TPSA) is 24.5 Å². The maximum Gasteiger partial charge on any atom is 0.0760 e. The van der Waals surface area contributed by atoms with Crippen LogP contribution in [0, 0.1) is 0 Å². The maximum absolute atomic E-state index is 6.16. The van der Waals surface area contributed by atoms with Gasteiger partial charge >= 0.3 is 0 Å². The van der Waals surface area contributed by atoms with Crippen molar-refractivity contribution in [1.82, 2.24) is 10.2 Å². The van der Waals surface area contributed by atoms with Crippen molar-refractivity contribution in [2.75, 3.05) is 19.6 Å². The number of nitrogens with one attached hydrogen (secondary N) is 1. The predicted octanol–water partition coefficient (Wildman–Crippen LogP) is 2.41. The molecule has 0 aromatic heterocycles. The Morgan fingerprint density at radius 1 is 1.17 bits per heavy atom. The van der Waals surface area contributed by atoms with Crippen LogP contribution in [0.15, 0.2) is 0 Å². The van der Waals surface area contributed by atoms with E-state index in [0.717, 1.165) is 25.7 Å². The van der Waals surface area contributed by atoms with Crippen LogP contribution in [0.2, 0.25) is 0 Å². The van der Waals surface area contributed by atoms with Crippen LogP contribution in [0.25, 0.3) is 0 Å². The third kappa shape index (κ3) is 3.94. The molecule has 1 aliphatic carbocycles. The van der Waals surface area contributed by atoms with Crippen molar-refractivity contribution in [3.63, 3.8) is 0 Å². The van der Waals surface area contributed by atoms with Gasteiger partial charge in [0.05, 0.1) is 11.2 Å². The van der Waals surface area contributed by atoms with Crippen molar-refractivity contribution >= 4 is 0 Å². The minimum Gasteiger partial charge on any atom is -0.367 e. The normalized spacial score (nSPS) is 29.2. The van der Waals surface area contributed by atoms with Crippen LogP contribution < -0.4 is 5.32 Å². The first kappa shape index (κ1) is 14.3. The SMILES string of the molecule is CCC(CNC1CC1)N1CC(C)(C)OC(C)(C)C1. The zero-order valence-electron chi connectivity index (χ0n) is 12.8. The van der Waals surface area contributed by atoms with Gasteiger partial charge < -0.3 is 10.1 Å². The van der Waals surface area contributed by atoms with Crippen LogP contribution in [0.4, 0.5) is 0 Å². The molecular weight excluding hydrogens is 224 g/mol. The van der Waals surface area contributed by atoms with Gasteiger partial charge in [-0.1, -0.05) is 6.92 Å². The summed E-state index contributed by atoms with van der Waals surface area (Å²) in [6.07, 6.45) is 3.96. The first-order valence-electron chi connectivity index (χ1n) is 7.49. The summed E-state index contributed by atoms with van der Waals surface area (Å²) in [4.78, 5) is 2.62. The van der Waals surface area contributed by atoms with Gasteiger partial charge in [-0.25, -0.2) is 0 Å². The smallest absolute Gasteiger partial charge is 0.0760 e. The van der Waals surface area contributed by atoms with E-state index in [1.807, 2.05) is 0 Å². The van der Waals surface area contributed by atoms with Crippen molar-refractivity contribution in [1.29, 1.82) is 0 Å². The van der Waals surface area contributed by atoms with Gasteiger partial charge in [-0.3, -0.25) is 4.90 Å². The Hall–Kier alpha value is -0.120. The van der Waals surface area contributed by atoms with Gasteiger partial charge in [-0.15, -0.1) is 0 Å². The molecule has 0 aromatic carbocycles. The van der Waals surface area contributed by atoms with E-state index in [4.69, 9.17) is 4.74 Å². The second-order valence-corrected chi connectivity index (χ2v) is 7.27. The van der Waals surface area contributed by atoms with E-state index in [0.29, 0.717) is 6.04 Å². The molecule has 1 aliphatic heterocycles. The van der Waals surface area contributed by atoms with Crippen LogP contribution in [0.1, 0.15) is 53.9 Å². The maximum atomic E-state index is 6.16. The predicted molar refractivity (Wildman–Crippen MR) is 75.9 cm³/mol. The van der Waals surface area contributed by atoms with Gasteiger partial charge in [0.25, 0.3) is 0 Å². The number of hydrogen-bond donors (Lipinski definition) is 1. The monoisotopic (exact) mass is 254 g/mol. The highest BCUT2D eigenvalue weighted by molar-refractivity contribution is 4.93. The molecular formula is C15H30N2O. The van der Waals surface area contributed by atoms with E-state index >= 15 is 0 Å². The molecule has 18 heavy (non-hydrogen) atoms. The molecule has 1 saturated carbocycles. The molecule has 106 valence electrons. The van der Waals surface area contributed by atoms with E-state index in [9.17, 15) is 0 Å². The first-order chi connectivity index (χ1) is 8.31. The molecule has 2 rings (SSSR count). The third-order valence-corrected chi connectivity index (χ3v) is 3.93. The first-order valence-corrected chi connectivity index (χ1v) is 7.49. The molecule has 0 radical (unpaired) electrons. The van der Waals surface area contributed by atoms with Gasteiger partial charge in [0, 0.05) is 31.7 Å². The number of nitrogens with zero attached hydrogens (tertiary/aromatic N) is 1. The standard InChI is InChI=1S/C15H30N2O/c1-6-13(9-16-12-7-8-12)17-10-14(2,3)18-15(4,5)11-17/h12-13,16H,6-11H2,1-5H3. The van der Waals surface area contributed by atoms with Crippen molar-refractivity contribution in [2.45, 2.75) is 77.2 Å². The van der Waals surface area contributed by atoms with Gasteiger partial charge in [0.2, 0.25) is 0 Å². The zero-order chi connectivity index (χ0) is 13.4. The highest BCUT2D eigenvalue weighted by atomic mass is 16.5. The Morgan fingerprint density at radius 2 is 1.72 bits per heavy atom. The Labute approximate surface area is 112 Å². The third-order valence-electron chi connectivity index (χ3n) is 3.93. The average molecular weight is 254 g/mol. The summed E-state index contributed by atoms with van der Waals surface area (Å²) in [6, 6.07) is 1.45. The fourth-order valence-electron chi connectivity index (χ4n) is 3.23. The summed E-state index contributed by atoms with van der Waals surface area (Å²) >= 11 is 0. The summed E-state index contributed by atoms with van der Waals surface area (Å²) in [6.45, 7) is 14.4. The second-order valence-electron chi connectivity index (χ2n) is 7.27. The number of morpholine rings is 1. The molecule has 0 bridgehead atoms. The lowest BCUT2D eigenvalue weighted by atomic mass is 9.96. The summed E-state index contributed by atoms with van der Waals surface area (Å²) < 4.78 is 6.16. The Bertz CT molecular complexity index is 268. The lowest BCUT2D eigenvalue weighted by molar-refractivity contribution is -0.187. The molecule has 1 N–H and O–H groups in total. The van der Waals surface area contributed by atoms with Gasteiger partial charge in [-0.2, -0.15) is 0 Å². The Balaban J connectivity index is 1.95. The van der Waals surface area contributed by atoms with Crippen LogP contribution in [0.3, 0.4) is 0 Å². The van der Waals surface area contributed by atoms with Gasteiger partial charge in [-0.05, 0) is 47.0 Å². The quantitative estimate of drug-likeness (QED) is 0.815. The summed E-state index contributed by atoms with van der Waals surface area (Å²) in [5.41, 5.74) is -0.0660. The zero-order valence-corrected chi connectivity index (χ0v) is 12.8. The molecule has 1 saturated heterocycles. The van der Waals surface area contributed by atoms with Crippen molar-refractivity contribution in [3.8, 4) is 0 Å². The summed E-state index contributed by atoms with van der Waals surface area (Å²) in [5, 5.41) is 3.68. The van der Waals surface area contributed by atoms with Crippen LogP contribution in [-0.2, 0) is 4.74 Å². The van der Waals surface area contributed by atoms with E-state index in [2.05, 4.69) is 44.8 Å². The molecule has 3 heteroatoms. The minimum atomic E-state index is -0.0330. The van der Waals surface area contributed by atoms with Crippen LogP contribution in [0.5, 0.6) is 0 Å². The van der Waals surface area contributed by atoms with Crippen molar-refractivity contribution in [3.05, 3.63) is 0 Å². The minimum absolute atomic E-state index is 0.0330. The summed E-state index contributed by atoms with van der Waals surface area (Å²) in [7, 11) is 0. The van der Waals surface area contributed by atoms with Crippen molar-refractivity contribution in [2.24, 2.45) is 0 Å². The largest absolute Gasteiger partial charge is 0.367 e. The van der Waals surface area contributed by atoms with E-state index in [1.165, 1.54) is 19.3 Å². The highest BCUT2D eigenvalue weighted by Gasteiger charge is 2.40. The molecule has 0 aromatic rings. The lowest BCUT2D eigenvalue weighted by Crippen LogP contribution is -2.61. The number of ether oxygens (including phenoxy) is 1. The number of rotatable bonds is 5. The second kappa shape index (κ2) is 5.10. The van der Waals surface area contributed by atoms with Gasteiger partial charge in [0.15, 0.2) is 0 Å². The lowest BCUT2D eigenvalue weighted by Gasteiger charge is -2.49. The van der Waals surface area contributed by atoms with E-state index in [1.54, 1.807) is 0 Å². The van der Waals surface area contributed by atoms with E-state index in [-0.39, 0.29) is 11.2 Å². The highest BCUT2D eigenvalue weighted by Crippen LogP contribution is 2.30. The van der Waals surface area contributed by atoms with Gasteiger partial charge in [0.1, 0.15) is 0 Å². The van der Waals surface area contributed by atoms with E-state index < -0.39 is 0 Å². The molecule has 1 heterocycles. The molecule has 2 fully saturated rings. The Morgan fingerprint density at radius 3 is 2.17 bits per heavy atom. The van der Waals surface area contributed by atoms with Crippen LogP contribution in [-0.4, -0.2) is 47.8 Å². The Kier molecular flexibility index (Phi) is 4.05. The molecule has 1 atom stereocenters. The molecule has 3 nitrogen and oxygen atoms in total. The molecule has 0 amide bonds. The molecule has 1 unspecified atom stereocenters. The van der Waals surface area contributed by atoms with Crippen molar-refractivity contribution < 1.29 is 4.74 Å². The number of hydrogen-bond acceptors (Lipinski definition) is 3. The fourth-order valence-corrected chi connectivity index (χ4v) is 3.23.